The van der Waals surface area contributed by atoms with Gasteiger partial charge in [-0.1, -0.05) is 43.7 Å². The van der Waals surface area contributed by atoms with Crippen molar-refractivity contribution in [2.24, 2.45) is 5.92 Å². The van der Waals surface area contributed by atoms with Crippen LogP contribution < -0.4 is 5.32 Å². The normalized spacial score (nSPS) is 15.5. The Morgan fingerprint density at radius 3 is 2.17 bits per heavy atom. The van der Waals surface area contributed by atoms with Gasteiger partial charge in [-0.2, -0.15) is 4.31 Å². The van der Waals surface area contributed by atoms with E-state index in [1.54, 1.807) is 11.8 Å². The van der Waals surface area contributed by atoms with E-state index in [1.165, 1.54) is 4.31 Å². The Labute approximate surface area is 212 Å². The monoisotopic (exact) mass is 508 g/mol. The minimum absolute atomic E-state index is 0.0355. The predicted molar refractivity (Wildman–Crippen MR) is 140 cm³/mol. The van der Waals surface area contributed by atoms with E-state index in [9.17, 15) is 18.0 Å². The summed E-state index contributed by atoms with van der Waals surface area (Å²) >= 11 is 0. The standard InChI is InChI=1S/C26H44N4O4S/c1-8-35(33,34)29(17-20(2)3)19-24(31)30(18-22-11-9-21(4)10-12-22)23-13-15-28(16-14-23)25(32)27-26(5,6)7/h9-12,20,23H,8,13-19H2,1-7H3,(H,27,32). The SMILES string of the molecule is CCS(=O)(=O)N(CC(=O)N(Cc1ccc(C)cc1)C1CCN(C(=O)NC(C)(C)C)CC1)CC(C)C. The lowest BCUT2D eigenvalue weighted by Gasteiger charge is -2.40. The first-order chi connectivity index (χ1) is 16.2. The van der Waals surface area contributed by atoms with E-state index in [-0.39, 0.29) is 41.7 Å². The van der Waals surface area contributed by atoms with Crippen LogP contribution in [0.5, 0.6) is 0 Å². The molecule has 198 valence electrons. The molecule has 0 saturated carbocycles. The number of carbonyl (C=O) groups is 2. The molecule has 35 heavy (non-hydrogen) atoms. The number of hydrogen-bond donors (Lipinski definition) is 1. The Hall–Kier alpha value is -2.13. The van der Waals surface area contributed by atoms with Crippen LogP contribution >= 0.6 is 0 Å². The molecular formula is C26H44N4O4S. The van der Waals surface area contributed by atoms with Crippen LogP contribution in [0.1, 0.15) is 65.5 Å². The fourth-order valence-corrected chi connectivity index (χ4v) is 5.40. The molecule has 1 aromatic carbocycles. The molecule has 0 aromatic heterocycles. The number of amides is 3. The van der Waals surface area contributed by atoms with Gasteiger partial charge in [-0.15, -0.1) is 0 Å². The van der Waals surface area contributed by atoms with Crippen molar-refractivity contribution in [2.45, 2.75) is 79.4 Å². The van der Waals surface area contributed by atoms with Crippen LogP contribution in [-0.4, -0.2) is 78.0 Å². The fourth-order valence-electron chi connectivity index (χ4n) is 4.20. The van der Waals surface area contributed by atoms with E-state index >= 15 is 0 Å². The zero-order chi connectivity index (χ0) is 26.4. The number of likely N-dealkylation sites (tertiary alicyclic amines) is 1. The van der Waals surface area contributed by atoms with Crippen molar-refractivity contribution in [3.05, 3.63) is 35.4 Å². The molecule has 8 nitrogen and oxygen atoms in total. The highest BCUT2D eigenvalue weighted by Gasteiger charge is 2.33. The maximum atomic E-state index is 13.6. The molecule has 1 aliphatic rings. The molecule has 0 spiro atoms. The molecule has 1 fully saturated rings. The summed E-state index contributed by atoms with van der Waals surface area (Å²) in [6.07, 6.45) is 1.31. The van der Waals surface area contributed by atoms with Gasteiger partial charge in [0.05, 0.1) is 12.3 Å². The fraction of sp³-hybridized carbons (Fsp3) is 0.692. The summed E-state index contributed by atoms with van der Waals surface area (Å²) in [6.45, 7) is 15.0. The second-order valence-electron chi connectivity index (χ2n) is 11.0. The maximum absolute atomic E-state index is 13.6. The van der Waals surface area contributed by atoms with Gasteiger partial charge in [0.1, 0.15) is 0 Å². The molecule has 0 bridgehead atoms. The third-order valence-electron chi connectivity index (χ3n) is 6.11. The predicted octanol–water partition coefficient (Wildman–Crippen LogP) is 3.60. The number of nitrogens with zero attached hydrogens (tertiary/aromatic N) is 3. The molecule has 0 atom stereocenters. The average molecular weight is 509 g/mol. The average Bonchev–Trinajstić information content (AvgIpc) is 2.76. The second-order valence-corrected chi connectivity index (χ2v) is 13.3. The summed E-state index contributed by atoms with van der Waals surface area (Å²) in [5.41, 5.74) is 1.83. The number of nitrogens with one attached hydrogen (secondary N) is 1. The van der Waals surface area contributed by atoms with Crippen molar-refractivity contribution in [3.63, 3.8) is 0 Å². The van der Waals surface area contributed by atoms with E-state index < -0.39 is 10.0 Å². The lowest BCUT2D eigenvalue weighted by atomic mass is 10.0. The second kappa shape index (κ2) is 12.2. The topological polar surface area (TPSA) is 90.0 Å². The molecule has 1 heterocycles. The van der Waals surface area contributed by atoms with E-state index in [2.05, 4.69) is 5.32 Å². The van der Waals surface area contributed by atoms with Gasteiger partial charge in [0.2, 0.25) is 15.9 Å². The van der Waals surface area contributed by atoms with E-state index in [4.69, 9.17) is 0 Å². The summed E-state index contributed by atoms with van der Waals surface area (Å²) in [4.78, 5) is 29.8. The quantitative estimate of drug-likeness (QED) is 0.552. The molecule has 1 saturated heterocycles. The first kappa shape index (κ1) is 29.1. The summed E-state index contributed by atoms with van der Waals surface area (Å²) in [6, 6.07) is 7.90. The van der Waals surface area contributed by atoms with Gasteiger partial charge >= 0.3 is 6.03 Å². The maximum Gasteiger partial charge on any atom is 0.317 e. The van der Waals surface area contributed by atoms with E-state index in [0.29, 0.717) is 39.0 Å². The number of aryl methyl sites for hydroxylation is 1. The number of urea groups is 1. The summed E-state index contributed by atoms with van der Waals surface area (Å²) < 4.78 is 26.7. The Morgan fingerprint density at radius 1 is 1.11 bits per heavy atom. The van der Waals surface area contributed by atoms with Crippen LogP contribution in [0, 0.1) is 12.8 Å². The van der Waals surface area contributed by atoms with Crippen molar-refractivity contribution < 1.29 is 18.0 Å². The van der Waals surface area contributed by atoms with Crippen LogP contribution in [0.4, 0.5) is 4.79 Å². The lowest BCUT2D eigenvalue weighted by Crippen LogP contribution is -2.54. The molecule has 0 unspecified atom stereocenters. The summed E-state index contributed by atoms with van der Waals surface area (Å²) in [5.74, 6) is -0.119. The van der Waals surface area contributed by atoms with E-state index in [0.717, 1.165) is 11.1 Å². The molecule has 3 amide bonds. The van der Waals surface area contributed by atoms with Gasteiger partial charge in [0, 0.05) is 37.8 Å². The number of sulfonamides is 1. The van der Waals surface area contributed by atoms with Gasteiger partial charge in [-0.3, -0.25) is 4.79 Å². The first-order valence-electron chi connectivity index (χ1n) is 12.6. The summed E-state index contributed by atoms with van der Waals surface area (Å²) in [5, 5.41) is 3.00. The zero-order valence-electron chi connectivity index (χ0n) is 22.5. The van der Waals surface area contributed by atoms with Gasteiger partial charge < -0.3 is 15.1 Å². The number of hydrogen-bond acceptors (Lipinski definition) is 4. The highest BCUT2D eigenvalue weighted by atomic mass is 32.2. The van der Waals surface area contributed by atoms with Gasteiger partial charge in [-0.25, -0.2) is 13.2 Å². The molecule has 0 aliphatic carbocycles. The third kappa shape index (κ3) is 9.11. The molecular weight excluding hydrogens is 464 g/mol. The van der Waals surface area contributed by atoms with Crippen LogP contribution in [0.25, 0.3) is 0 Å². The number of carbonyl (C=O) groups excluding carboxylic acids is 2. The summed E-state index contributed by atoms with van der Waals surface area (Å²) in [7, 11) is -3.51. The van der Waals surface area contributed by atoms with Crippen LogP contribution in [-0.2, 0) is 21.4 Å². The molecule has 2 rings (SSSR count). The molecule has 9 heteroatoms. The third-order valence-corrected chi connectivity index (χ3v) is 7.90. The minimum atomic E-state index is -3.51. The number of piperidine rings is 1. The Bertz CT molecular complexity index is 947. The molecule has 1 aromatic rings. The van der Waals surface area contributed by atoms with Crippen molar-refractivity contribution in [3.8, 4) is 0 Å². The lowest BCUT2D eigenvalue weighted by molar-refractivity contribution is -0.135. The zero-order valence-corrected chi connectivity index (χ0v) is 23.3. The number of benzene rings is 1. The Morgan fingerprint density at radius 2 is 1.69 bits per heavy atom. The molecule has 1 aliphatic heterocycles. The van der Waals surface area contributed by atoms with Crippen LogP contribution in [0.3, 0.4) is 0 Å². The highest BCUT2D eigenvalue weighted by Crippen LogP contribution is 2.21. The Balaban J connectivity index is 2.21. The van der Waals surface area contributed by atoms with Gasteiger partial charge in [0.25, 0.3) is 0 Å². The highest BCUT2D eigenvalue weighted by molar-refractivity contribution is 7.89. The van der Waals surface area contributed by atoms with Gasteiger partial charge in [0.15, 0.2) is 0 Å². The van der Waals surface area contributed by atoms with Crippen molar-refractivity contribution >= 4 is 22.0 Å². The van der Waals surface area contributed by atoms with Crippen molar-refractivity contribution in [2.75, 3.05) is 31.9 Å². The van der Waals surface area contributed by atoms with Crippen LogP contribution in [0.2, 0.25) is 0 Å². The van der Waals surface area contributed by atoms with Crippen molar-refractivity contribution in [1.82, 2.24) is 19.4 Å². The molecule has 0 radical (unpaired) electrons. The van der Waals surface area contributed by atoms with E-state index in [1.807, 2.05) is 70.7 Å². The largest absolute Gasteiger partial charge is 0.334 e. The minimum Gasteiger partial charge on any atom is -0.334 e. The smallest absolute Gasteiger partial charge is 0.317 e. The van der Waals surface area contributed by atoms with Crippen LogP contribution in [0.15, 0.2) is 24.3 Å². The number of rotatable bonds is 9. The van der Waals surface area contributed by atoms with Crippen molar-refractivity contribution in [1.29, 1.82) is 0 Å². The van der Waals surface area contributed by atoms with Gasteiger partial charge in [-0.05, 0) is 58.9 Å². The Kier molecular flexibility index (Phi) is 10.2. The first-order valence-corrected chi connectivity index (χ1v) is 14.2. The molecule has 1 N–H and O–H groups in total.